The van der Waals surface area contributed by atoms with Gasteiger partial charge in [-0.25, -0.2) is 9.78 Å². The van der Waals surface area contributed by atoms with Crippen LogP contribution in [0.4, 0.5) is 5.69 Å². The van der Waals surface area contributed by atoms with Gasteiger partial charge in [0.25, 0.3) is 0 Å². The van der Waals surface area contributed by atoms with E-state index < -0.39 is 5.63 Å². The molecule has 6 rings (SSSR count). The number of methoxy groups -OCH3 is 1. The van der Waals surface area contributed by atoms with Crippen LogP contribution in [0.15, 0.2) is 37.9 Å². The van der Waals surface area contributed by atoms with E-state index in [0.717, 1.165) is 31.5 Å². The third-order valence-electron chi connectivity index (χ3n) is 7.83. The van der Waals surface area contributed by atoms with Crippen molar-refractivity contribution in [1.82, 2.24) is 4.98 Å². The summed E-state index contributed by atoms with van der Waals surface area (Å²) in [6.45, 7) is 10.8. The highest BCUT2D eigenvalue weighted by Crippen LogP contribution is 2.52. The molecule has 0 aliphatic carbocycles. The summed E-state index contributed by atoms with van der Waals surface area (Å²) in [6, 6.07) is 9.57. The molecule has 0 unspecified atom stereocenters. The summed E-state index contributed by atoms with van der Waals surface area (Å²) < 4.78 is 17.2. The van der Waals surface area contributed by atoms with E-state index in [1.165, 1.54) is 11.3 Å². The first-order valence-electron chi connectivity index (χ1n) is 11.9. The van der Waals surface area contributed by atoms with Crippen molar-refractivity contribution >= 4 is 27.8 Å². The van der Waals surface area contributed by atoms with E-state index >= 15 is 0 Å². The van der Waals surface area contributed by atoms with Crippen molar-refractivity contribution in [3.05, 3.63) is 51.4 Å². The van der Waals surface area contributed by atoms with Gasteiger partial charge in [0.1, 0.15) is 28.5 Å². The van der Waals surface area contributed by atoms with E-state index in [4.69, 9.17) is 13.6 Å². The highest BCUT2D eigenvalue weighted by Gasteiger charge is 2.42. The molecule has 4 heterocycles. The van der Waals surface area contributed by atoms with Crippen LogP contribution in [0.1, 0.15) is 57.2 Å². The standard InChI is InChI=1S/C28H27N3O4/c1-27(2)8-10-31-11-9-28(3,4)22-23(31)18(27)13-16-17(14-29)21(26(32)35-24(16)22)25-30-19-12-15(33-5)6-7-20(19)34-25/h6-7,12-13H,8-11H2,1-5H3. The number of nitriles is 1. The molecule has 0 saturated heterocycles. The number of hydrogen-bond acceptors (Lipinski definition) is 7. The molecule has 0 atom stereocenters. The molecule has 2 aliphatic heterocycles. The molecule has 0 spiro atoms. The Morgan fingerprint density at radius 2 is 1.83 bits per heavy atom. The molecular weight excluding hydrogens is 442 g/mol. The van der Waals surface area contributed by atoms with Crippen molar-refractivity contribution in [2.45, 2.75) is 51.4 Å². The highest BCUT2D eigenvalue weighted by molar-refractivity contribution is 5.97. The van der Waals surface area contributed by atoms with E-state index in [-0.39, 0.29) is 27.8 Å². The Hall–Kier alpha value is -3.79. The van der Waals surface area contributed by atoms with Crippen molar-refractivity contribution in [2.24, 2.45) is 0 Å². The molecule has 35 heavy (non-hydrogen) atoms. The molecule has 2 aromatic carbocycles. The molecule has 0 fully saturated rings. The summed E-state index contributed by atoms with van der Waals surface area (Å²) in [6.07, 6.45) is 1.96. The van der Waals surface area contributed by atoms with E-state index in [2.05, 4.69) is 49.7 Å². The monoisotopic (exact) mass is 469 g/mol. The summed E-state index contributed by atoms with van der Waals surface area (Å²) in [5.41, 5.74) is 4.33. The molecule has 2 aliphatic rings. The zero-order chi connectivity index (χ0) is 24.7. The number of aromatic nitrogens is 1. The molecule has 178 valence electrons. The second-order valence-corrected chi connectivity index (χ2v) is 10.9. The van der Waals surface area contributed by atoms with Crippen LogP contribution >= 0.6 is 0 Å². The second-order valence-electron chi connectivity index (χ2n) is 10.9. The molecule has 0 N–H and O–H groups in total. The molecule has 0 bridgehead atoms. The first kappa shape index (κ1) is 21.7. The third-order valence-corrected chi connectivity index (χ3v) is 7.83. The van der Waals surface area contributed by atoms with Crippen molar-refractivity contribution in [1.29, 1.82) is 5.26 Å². The van der Waals surface area contributed by atoms with Gasteiger partial charge in [-0.3, -0.25) is 0 Å². The lowest BCUT2D eigenvalue weighted by atomic mass is 9.69. The number of nitrogens with zero attached hydrogens (tertiary/aromatic N) is 3. The van der Waals surface area contributed by atoms with Crippen LogP contribution in [0.5, 0.6) is 5.75 Å². The Morgan fingerprint density at radius 1 is 1.09 bits per heavy atom. The zero-order valence-electron chi connectivity index (χ0n) is 20.6. The molecular formula is C28H27N3O4. The van der Waals surface area contributed by atoms with Gasteiger partial charge >= 0.3 is 5.63 Å². The predicted molar refractivity (Wildman–Crippen MR) is 134 cm³/mol. The molecule has 0 amide bonds. The van der Waals surface area contributed by atoms with Gasteiger partial charge in [-0.1, -0.05) is 27.7 Å². The van der Waals surface area contributed by atoms with Crippen molar-refractivity contribution in [3.63, 3.8) is 0 Å². The number of rotatable bonds is 2. The number of oxazole rings is 1. The van der Waals surface area contributed by atoms with Crippen molar-refractivity contribution in [2.75, 3.05) is 25.1 Å². The van der Waals surface area contributed by atoms with Gasteiger partial charge in [0.15, 0.2) is 5.58 Å². The van der Waals surface area contributed by atoms with Crippen LogP contribution < -0.4 is 15.3 Å². The van der Waals surface area contributed by atoms with Crippen LogP contribution in [0, 0.1) is 11.3 Å². The number of ether oxygens (including phenoxy) is 1. The van der Waals surface area contributed by atoms with Crippen LogP contribution in [0.25, 0.3) is 33.5 Å². The van der Waals surface area contributed by atoms with Gasteiger partial charge in [-0.2, -0.15) is 5.26 Å². The fraction of sp³-hybridized carbons (Fsp3) is 0.393. The second kappa shape index (κ2) is 7.11. The summed E-state index contributed by atoms with van der Waals surface area (Å²) >= 11 is 0. The Kier molecular flexibility index (Phi) is 4.41. The predicted octanol–water partition coefficient (Wildman–Crippen LogP) is 5.65. The van der Waals surface area contributed by atoms with E-state index in [1.54, 1.807) is 25.3 Å². The Balaban J connectivity index is 1.71. The van der Waals surface area contributed by atoms with Gasteiger partial charge in [-0.05, 0) is 47.4 Å². The topological polar surface area (TPSA) is 92.5 Å². The fourth-order valence-corrected chi connectivity index (χ4v) is 5.68. The first-order valence-corrected chi connectivity index (χ1v) is 11.9. The summed E-state index contributed by atoms with van der Waals surface area (Å²) in [7, 11) is 1.57. The summed E-state index contributed by atoms with van der Waals surface area (Å²) in [5.74, 6) is 0.704. The normalized spacial score (nSPS) is 17.9. The van der Waals surface area contributed by atoms with Gasteiger partial charge in [0.05, 0.1) is 12.7 Å². The van der Waals surface area contributed by atoms with Gasteiger partial charge in [0.2, 0.25) is 5.89 Å². The van der Waals surface area contributed by atoms with E-state index in [9.17, 15) is 10.1 Å². The Morgan fingerprint density at radius 3 is 2.54 bits per heavy atom. The maximum atomic E-state index is 13.4. The largest absolute Gasteiger partial charge is 0.497 e. The Labute approximate surface area is 202 Å². The van der Waals surface area contributed by atoms with Crippen molar-refractivity contribution in [3.8, 4) is 23.3 Å². The summed E-state index contributed by atoms with van der Waals surface area (Å²) in [4.78, 5) is 20.4. The fourth-order valence-electron chi connectivity index (χ4n) is 5.68. The lowest BCUT2D eigenvalue weighted by molar-refractivity contribution is 0.398. The first-order chi connectivity index (χ1) is 16.6. The van der Waals surface area contributed by atoms with Crippen molar-refractivity contribution < 1.29 is 13.6 Å². The highest BCUT2D eigenvalue weighted by atomic mass is 16.5. The quantitative estimate of drug-likeness (QED) is 0.350. The number of anilines is 1. The lowest BCUT2D eigenvalue weighted by Crippen LogP contribution is -2.44. The zero-order valence-corrected chi connectivity index (χ0v) is 20.6. The van der Waals surface area contributed by atoms with Crippen LogP contribution in [0.2, 0.25) is 0 Å². The van der Waals surface area contributed by atoms with Gasteiger partial charge in [0, 0.05) is 35.8 Å². The molecule has 0 radical (unpaired) electrons. The minimum Gasteiger partial charge on any atom is -0.497 e. The van der Waals surface area contributed by atoms with Gasteiger partial charge in [-0.15, -0.1) is 0 Å². The average Bonchev–Trinajstić information content (AvgIpc) is 3.23. The van der Waals surface area contributed by atoms with Crippen LogP contribution in [-0.2, 0) is 10.8 Å². The molecule has 0 saturated carbocycles. The number of hydrogen-bond donors (Lipinski definition) is 0. The van der Waals surface area contributed by atoms with Crippen LogP contribution in [0.3, 0.4) is 0 Å². The number of fused-ring (bicyclic) bond motifs is 3. The minimum atomic E-state index is -0.619. The SMILES string of the molecule is COc1ccc2oc(-c3c(C#N)c4cc5c6c(c4oc3=O)C(C)(C)CCN6CCC5(C)C)nc2c1. The molecule has 7 nitrogen and oxygen atoms in total. The van der Waals surface area contributed by atoms with Crippen LogP contribution in [-0.4, -0.2) is 25.2 Å². The molecule has 2 aromatic heterocycles. The lowest BCUT2D eigenvalue weighted by Gasteiger charge is -2.48. The molecule has 7 heteroatoms. The maximum Gasteiger partial charge on any atom is 0.350 e. The molecule has 4 aromatic rings. The van der Waals surface area contributed by atoms with E-state index in [1.807, 2.05) is 0 Å². The van der Waals surface area contributed by atoms with Gasteiger partial charge < -0.3 is 18.5 Å². The third kappa shape index (κ3) is 3.02. The maximum absolute atomic E-state index is 13.4. The number of benzene rings is 2. The minimum absolute atomic E-state index is 0.0569. The average molecular weight is 470 g/mol. The summed E-state index contributed by atoms with van der Waals surface area (Å²) in [5, 5.41) is 11.0. The Bertz CT molecular complexity index is 1630. The smallest absolute Gasteiger partial charge is 0.350 e. The van der Waals surface area contributed by atoms with E-state index in [0.29, 0.717) is 27.8 Å².